The zero-order valence-corrected chi connectivity index (χ0v) is 11.9. The summed E-state index contributed by atoms with van der Waals surface area (Å²) in [7, 11) is 0. The van der Waals surface area contributed by atoms with Crippen LogP contribution in [0.15, 0.2) is 42.5 Å². The highest BCUT2D eigenvalue weighted by Gasteiger charge is 2.20. The van der Waals surface area contributed by atoms with Gasteiger partial charge in [-0.25, -0.2) is 0 Å². The van der Waals surface area contributed by atoms with Gasteiger partial charge in [-0.15, -0.1) is 0 Å². The van der Waals surface area contributed by atoms with Gasteiger partial charge >= 0.3 is 0 Å². The van der Waals surface area contributed by atoms with Crippen LogP contribution in [0.25, 0.3) is 0 Å². The van der Waals surface area contributed by atoms with Crippen LogP contribution in [-0.4, -0.2) is 11.3 Å². The van der Waals surface area contributed by atoms with E-state index in [1.54, 1.807) is 0 Å². The molecule has 0 unspecified atom stereocenters. The first kappa shape index (κ1) is 13.2. The topological polar surface area (TPSA) is 32.9 Å². The number of H-pyrrole nitrogens is 1. The number of allylic oxidation sites excluding steroid dienone is 2. The number of aldehydes is 1. The van der Waals surface area contributed by atoms with Gasteiger partial charge in [0.1, 0.15) is 6.29 Å². The standard InChI is InChI=1S/C17H16ClNO/c18-15-7-3-2-6-13(15)14(9-10-20)17-11-12-5-1-4-8-16(12)19-17/h1-4,6-7,10-11,14,19H,5,8-9H2/t14-/m0/s1. The fourth-order valence-electron chi connectivity index (χ4n) is 2.80. The second-order valence-corrected chi connectivity index (χ2v) is 5.49. The summed E-state index contributed by atoms with van der Waals surface area (Å²) in [5.74, 6) is 0.00630. The van der Waals surface area contributed by atoms with Gasteiger partial charge in [0.05, 0.1) is 0 Å². The molecule has 0 bridgehead atoms. The van der Waals surface area contributed by atoms with E-state index in [0.29, 0.717) is 11.4 Å². The molecule has 1 heterocycles. The van der Waals surface area contributed by atoms with Crippen LogP contribution in [0.4, 0.5) is 0 Å². The van der Waals surface area contributed by atoms with E-state index in [2.05, 4.69) is 23.2 Å². The summed E-state index contributed by atoms with van der Waals surface area (Å²) in [6.07, 6.45) is 7.66. The van der Waals surface area contributed by atoms with E-state index in [-0.39, 0.29) is 5.92 Å². The van der Waals surface area contributed by atoms with Crippen LogP contribution < -0.4 is 0 Å². The summed E-state index contributed by atoms with van der Waals surface area (Å²) in [6.45, 7) is 0. The molecule has 1 atom stereocenters. The lowest BCUT2D eigenvalue weighted by Crippen LogP contribution is -2.03. The van der Waals surface area contributed by atoms with Gasteiger partial charge < -0.3 is 9.78 Å². The maximum atomic E-state index is 11.0. The van der Waals surface area contributed by atoms with Gasteiger partial charge in [-0.1, -0.05) is 42.0 Å². The van der Waals surface area contributed by atoms with E-state index >= 15 is 0 Å². The van der Waals surface area contributed by atoms with Crippen LogP contribution in [0, 0.1) is 0 Å². The Morgan fingerprint density at radius 3 is 2.80 bits per heavy atom. The van der Waals surface area contributed by atoms with Gasteiger partial charge in [0, 0.05) is 35.2 Å². The van der Waals surface area contributed by atoms with Crippen LogP contribution in [0.3, 0.4) is 0 Å². The third-order valence-electron chi connectivity index (χ3n) is 3.83. The summed E-state index contributed by atoms with van der Waals surface area (Å²) in [4.78, 5) is 14.5. The first-order chi connectivity index (χ1) is 9.79. The Hall–Kier alpha value is -1.80. The van der Waals surface area contributed by atoms with Crippen molar-refractivity contribution in [2.45, 2.75) is 25.2 Å². The smallest absolute Gasteiger partial charge is 0.120 e. The number of nitrogens with one attached hydrogen (secondary N) is 1. The van der Waals surface area contributed by atoms with Crippen molar-refractivity contribution in [3.05, 3.63) is 70.0 Å². The van der Waals surface area contributed by atoms with E-state index < -0.39 is 0 Å². The van der Waals surface area contributed by atoms with Crippen LogP contribution in [-0.2, 0) is 17.6 Å². The monoisotopic (exact) mass is 285 g/mol. The van der Waals surface area contributed by atoms with Crippen LogP contribution in [0.2, 0.25) is 5.02 Å². The lowest BCUT2D eigenvalue weighted by Gasteiger charge is -2.15. The predicted molar refractivity (Wildman–Crippen MR) is 81.3 cm³/mol. The molecule has 1 N–H and O–H groups in total. The lowest BCUT2D eigenvalue weighted by atomic mass is 9.92. The maximum Gasteiger partial charge on any atom is 0.120 e. The molecule has 0 aliphatic heterocycles. The number of aromatic amines is 1. The lowest BCUT2D eigenvalue weighted by molar-refractivity contribution is -0.108. The highest BCUT2D eigenvalue weighted by atomic mass is 35.5. The normalized spacial score (nSPS) is 14.8. The molecule has 1 aromatic heterocycles. The minimum atomic E-state index is 0.00630. The molecule has 1 aliphatic rings. The first-order valence-corrected chi connectivity index (χ1v) is 7.21. The van der Waals surface area contributed by atoms with Gasteiger partial charge in [0.15, 0.2) is 0 Å². The highest BCUT2D eigenvalue weighted by molar-refractivity contribution is 6.31. The summed E-state index contributed by atoms with van der Waals surface area (Å²) in [6, 6.07) is 9.92. The number of benzene rings is 1. The number of fused-ring (bicyclic) bond motifs is 1. The van der Waals surface area contributed by atoms with Crippen molar-refractivity contribution in [1.29, 1.82) is 0 Å². The molecule has 2 aromatic rings. The Morgan fingerprint density at radius 1 is 1.25 bits per heavy atom. The zero-order chi connectivity index (χ0) is 13.9. The second-order valence-electron chi connectivity index (χ2n) is 5.08. The summed E-state index contributed by atoms with van der Waals surface area (Å²) in [5.41, 5.74) is 4.67. The van der Waals surface area contributed by atoms with Gasteiger partial charge in [0.2, 0.25) is 0 Å². The number of carbonyl (C=O) groups is 1. The fraction of sp³-hybridized carbons (Fsp3) is 0.235. The van der Waals surface area contributed by atoms with Crippen LogP contribution in [0.5, 0.6) is 0 Å². The Bertz CT molecular complexity index is 631. The van der Waals surface area contributed by atoms with Gasteiger partial charge in [-0.05, 0) is 29.7 Å². The molecular weight excluding hydrogens is 270 g/mol. The molecule has 0 amide bonds. The molecule has 1 aliphatic carbocycles. The van der Waals surface area contributed by atoms with Crippen molar-refractivity contribution >= 4 is 17.9 Å². The summed E-state index contributed by atoms with van der Waals surface area (Å²) < 4.78 is 0. The first-order valence-electron chi connectivity index (χ1n) is 6.83. The molecule has 0 radical (unpaired) electrons. The third-order valence-corrected chi connectivity index (χ3v) is 4.17. The Labute approximate surface area is 123 Å². The quantitative estimate of drug-likeness (QED) is 0.667. The van der Waals surface area contributed by atoms with Crippen LogP contribution >= 0.6 is 11.6 Å². The fourth-order valence-corrected chi connectivity index (χ4v) is 3.07. The van der Waals surface area contributed by atoms with Crippen molar-refractivity contribution in [3.63, 3.8) is 0 Å². The van der Waals surface area contributed by atoms with Crippen molar-refractivity contribution in [1.82, 2.24) is 4.98 Å². The maximum absolute atomic E-state index is 11.0. The van der Waals surface area contributed by atoms with E-state index in [1.807, 2.05) is 24.3 Å². The van der Waals surface area contributed by atoms with E-state index in [0.717, 1.165) is 30.4 Å². The highest BCUT2D eigenvalue weighted by Crippen LogP contribution is 2.33. The Balaban J connectivity index is 2.01. The minimum Gasteiger partial charge on any atom is -0.361 e. The van der Waals surface area contributed by atoms with Gasteiger partial charge in [-0.2, -0.15) is 0 Å². The van der Waals surface area contributed by atoms with Crippen molar-refractivity contribution in [3.8, 4) is 0 Å². The summed E-state index contributed by atoms with van der Waals surface area (Å²) in [5, 5.41) is 0.713. The number of rotatable bonds is 4. The van der Waals surface area contributed by atoms with E-state index in [1.165, 1.54) is 11.3 Å². The van der Waals surface area contributed by atoms with Crippen LogP contribution in [0.1, 0.15) is 34.9 Å². The number of aromatic nitrogens is 1. The SMILES string of the molecule is O=CC[C@H](c1cc2c([nH]1)CC=CC2)c1ccccc1Cl. The molecule has 0 spiro atoms. The Kier molecular flexibility index (Phi) is 3.75. The molecule has 0 saturated heterocycles. The second kappa shape index (κ2) is 5.68. The number of carbonyl (C=O) groups excluding carboxylic acids is 1. The summed E-state index contributed by atoms with van der Waals surface area (Å²) >= 11 is 6.29. The third kappa shape index (κ3) is 2.44. The minimum absolute atomic E-state index is 0.00630. The molecule has 3 heteroatoms. The number of hydrogen-bond donors (Lipinski definition) is 1. The average Bonchev–Trinajstić information content (AvgIpc) is 2.89. The number of halogens is 1. The van der Waals surface area contributed by atoms with Crippen molar-refractivity contribution in [2.24, 2.45) is 0 Å². The van der Waals surface area contributed by atoms with E-state index in [9.17, 15) is 4.79 Å². The van der Waals surface area contributed by atoms with Gasteiger partial charge in [-0.3, -0.25) is 0 Å². The molecular formula is C17H16ClNO. The van der Waals surface area contributed by atoms with Crippen molar-refractivity contribution < 1.29 is 4.79 Å². The largest absolute Gasteiger partial charge is 0.361 e. The predicted octanol–water partition coefficient (Wildman–Crippen LogP) is 4.04. The molecule has 0 saturated carbocycles. The molecule has 20 heavy (non-hydrogen) atoms. The van der Waals surface area contributed by atoms with Gasteiger partial charge in [0.25, 0.3) is 0 Å². The van der Waals surface area contributed by atoms with E-state index in [4.69, 9.17) is 11.6 Å². The molecule has 102 valence electrons. The Morgan fingerprint density at radius 2 is 2.05 bits per heavy atom. The van der Waals surface area contributed by atoms with Crippen molar-refractivity contribution in [2.75, 3.05) is 0 Å². The molecule has 2 nitrogen and oxygen atoms in total. The average molecular weight is 286 g/mol. The molecule has 3 rings (SSSR count). The zero-order valence-electron chi connectivity index (χ0n) is 11.1. The molecule has 0 fully saturated rings. The molecule has 1 aromatic carbocycles. The number of hydrogen-bond acceptors (Lipinski definition) is 1.